The standard InChI is InChI=1S/C19H20FNO3/c20-17-7-3-2-6-16(17)14-9-10-21(11-14)12-15-5-1-4-8-18(15)24-13-19(22)23/h1-8,14H,9-13H2,(H,22,23)/t14-/m1/s1. The minimum Gasteiger partial charge on any atom is -0.482 e. The molecule has 3 rings (SSSR count). The number of carboxylic acids is 1. The number of carboxylic acid groups (broad SMARTS) is 1. The molecule has 0 radical (unpaired) electrons. The molecule has 0 aromatic heterocycles. The summed E-state index contributed by atoms with van der Waals surface area (Å²) in [6.07, 6.45) is 0.916. The van der Waals surface area contributed by atoms with Crippen LogP contribution in [0.5, 0.6) is 5.75 Å². The van der Waals surface area contributed by atoms with E-state index in [-0.39, 0.29) is 18.3 Å². The molecular weight excluding hydrogens is 309 g/mol. The first-order valence-electron chi connectivity index (χ1n) is 8.03. The number of rotatable bonds is 6. The van der Waals surface area contributed by atoms with Crippen LogP contribution in [0.3, 0.4) is 0 Å². The minimum absolute atomic E-state index is 0.144. The summed E-state index contributed by atoms with van der Waals surface area (Å²) in [7, 11) is 0. The van der Waals surface area contributed by atoms with Crippen molar-refractivity contribution < 1.29 is 19.0 Å². The predicted molar refractivity (Wildman–Crippen MR) is 88.6 cm³/mol. The second-order valence-corrected chi connectivity index (χ2v) is 6.03. The lowest BCUT2D eigenvalue weighted by atomic mass is 9.98. The molecule has 0 amide bonds. The molecule has 0 spiro atoms. The molecular formula is C19H20FNO3. The minimum atomic E-state index is -0.995. The van der Waals surface area contributed by atoms with Gasteiger partial charge in [0.2, 0.25) is 0 Å². The average Bonchev–Trinajstić information content (AvgIpc) is 3.03. The van der Waals surface area contributed by atoms with Crippen molar-refractivity contribution in [2.24, 2.45) is 0 Å². The van der Waals surface area contributed by atoms with Gasteiger partial charge in [0.15, 0.2) is 6.61 Å². The molecule has 2 aromatic carbocycles. The fraction of sp³-hybridized carbons (Fsp3) is 0.316. The Bertz CT molecular complexity index is 719. The Morgan fingerprint density at radius 2 is 1.96 bits per heavy atom. The molecule has 1 aliphatic heterocycles. The molecule has 0 unspecified atom stereocenters. The zero-order chi connectivity index (χ0) is 16.9. The number of ether oxygens (including phenoxy) is 1. The van der Waals surface area contributed by atoms with Gasteiger partial charge in [-0.15, -0.1) is 0 Å². The lowest BCUT2D eigenvalue weighted by Gasteiger charge is -2.18. The normalized spacial score (nSPS) is 17.8. The highest BCUT2D eigenvalue weighted by atomic mass is 19.1. The maximum absolute atomic E-state index is 13.9. The predicted octanol–water partition coefficient (Wildman–Crippen LogP) is 3.28. The Kier molecular flexibility index (Phi) is 5.11. The van der Waals surface area contributed by atoms with Crippen LogP contribution in [0.1, 0.15) is 23.5 Å². The zero-order valence-electron chi connectivity index (χ0n) is 13.3. The van der Waals surface area contributed by atoms with Gasteiger partial charge in [0.1, 0.15) is 11.6 Å². The van der Waals surface area contributed by atoms with Gasteiger partial charge in [0, 0.05) is 24.6 Å². The van der Waals surface area contributed by atoms with Crippen LogP contribution in [0.4, 0.5) is 4.39 Å². The van der Waals surface area contributed by atoms with E-state index in [1.54, 1.807) is 12.1 Å². The van der Waals surface area contributed by atoms with Crippen molar-refractivity contribution in [2.45, 2.75) is 18.9 Å². The van der Waals surface area contributed by atoms with Gasteiger partial charge in [-0.1, -0.05) is 36.4 Å². The van der Waals surface area contributed by atoms with E-state index >= 15 is 0 Å². The Hall–Kier alpha value is -2.40. The number of aliphatic carboxylic acids is 1. The van der Waals surface area contributed by atoms with Crippen molar-refractivity contribution in [1.82, 2.24) is 4.90 Å². The molecule has 4 nitrogen and oxygen atoms in total. The Morgan fingerprint density at radius 3 is 2.75 bits per heavy atom. The van der Waals surface area contributed by atoms with Crippen LogP contribution in [0.2, 0.25) is 0 Å². The summed E-state index contributed by atoms with van der Waals surface area (Å²) in [6.45, 7) is 1.98. The van der Waals surface area contributed by atoms with Crippen molar-refractivity contribution in [1.29, 1.82) is 0 Å². The fourth-order valence-electron chi connectivity index (χ4n) is 3.19. The van der Waals surface area contributed by atoms with E-state index in [9.17, 15) is 9.18 Å². The summed E-state index contributed by atoms with van der Waals surface area (Å²) < 4.78 is 19.3. The van der Waals surface area contributed by atoms with E-state index in [0.29, 0.717) is 12.3 Å². The highest BCUT2D eigenvalue weighted by Crippen LogP contribution is 2.31. The number of para-hydroxylation sites is 1. The van der Waals surface area contributed by atoms with Gasteiger partial charge in [0.05, 0.1) is 0 Å². The van der Waals surface area contributed by atoms with Crippen LogP contribution < -0.4 is 4.74 Å². The Labute approximate surface area is 140 Å². The molecule has 1 heterocycles. The third kappa shape index (κ3) is 3.92. The summed E-state index contributed by atoms with van der Waals surface area (Å²) >= 11 is 0. The first-order valence-corrected chi connectivity index (χ1v) is 8.03. The number of hydrogen-bond acceptors (Lipinski definition) is 3. The number of halogens is 1. The Morgan fingerprint density at radius 1 is 1.21 bits per heavy atom. The van der Waals surface area contributed by atoms with Gasteiger partial charge in [0.25, 0.3) is 0 Å². The van der Waals surface area contributed by atoms with E-state index in [0.717, 1.165) is 30.6 Å². The highest BCUT2D eigenvalue weighted by molar-refractivity contribution is 5.68. The average molecular weight is 329 g/mol. The topological polar surface area (TPSA) is 49.8 Å². The fourth-order valence-corrected chi connectivity index (χ4v) is 3.19. The molecule has 1 N–H and O–H groups in total. The quantitative estimate of drug-likeness (QED) is 0.884. The van der Waals surface area contributed by atoms with Crippen LogP contribution >= 0.6 is 0 Å². The van der Waals surface area contributed by atoms with Crippen LogP contribution in [-0.4, -0.2) is 35.7 Å². The van der Waals surface area contributed by atoms with Crippen LogP contribution in [0.15, 0.2) is 48.5 Å². The molecule has 5 heteroatoms. The van der Waals surface area contributed by atoms with Crippen LogP contribution in [0.25, 0.3) is 0 Å². The van der Waals surface area contributed by atoms with Crippen molar-refractivity contribution in [3.63, 3.8) is 0 Å². The molecule has 0 bridgehead atoms. The second-order valence-electron chi connectivity index (χ2n) is 6.03. The number of carbonyl (C=O) groups is 1. The van der Waals surface area contributed by atoms with Crippen molar-refractivity contribution in [3.8, 4) is 5.75 Å². The third-order valence-corrected chi connectivity index (χ3v) is 4.34. The number of benzene rings is 2. The van der Waals surface area contributed by atoms with Gasteiger partial charge >= 0.3 is 5.97 Å². The molecule has 1 saturated heterocycles. The monoisotopic (exact) mass is 329 g/mol. The van der Waals surface area contributed by atoms with Gasteiger partial charge in [-0.05, 0) is 30.7 Å². The highest BCUT2D eigenvalue weighted by Gasteiger charge is 2.26. The number of likely N-dealkylation sites (tertiary alicyclic amines) is 1. The van der Waals surface area contributed by atoms with E-state index in [4.69, 9.17) is 9.84 Å². The van der Waals surface area contributed by atoms with Gasteiger partial charge in [-0.3, -0.25) is 4.90 Å². The first-order chi connectivity index (χ1) is 11.6. The van der Waals surface area contributed by atoms with E-state index in [2.05, 4.69) is 4.90 Å². The molecule has 1 aliphatic rings. The lowest BCUT2D eigenvalue weighted by molar-refractivity contribution is -0.139. The molecule has 24 heavy (non-hydrogen) atoms. The van der Waals surface area contributed by atoms with E-state index < -0.39 is 5.97 Å². The van der Waals surface area contributed by atoms with Gasteiger partial charge < -0.3 is 9.84 Å². The summed E-state index contributed by atoms with van der Waals surface area (Å²) in [5.74, 6) is -0.354. The maximum Gasteiger partial charge on any atom is 0.341 e. The van der Waals surface area contributed by atoms with Gasteiger partial charge in [-0.2, -0.15) is 0 Å². The molecule has 1 fully saturated rings. The molecule has 126 valence electrons. The van der Waals surface area contributed by atoms with Crippen molar-refractivity contribution in [2.75, 3.05) is 19.7 Å². The molecule has 0 aliphatic carbocycles. The lowest BCUT2D eigenvalue weighted by Crippen LogP contribution is -2.21. The number of nitrogens with zero attached hydrogens (tertiary/aromatic N) is 1. The first kappa shape index (κ1) is 16.5. The van der Waals surface area contributed by atoms with Crippen molar-refractivity contribution >= 4 is 5.97 Å². The Balaban J connectivity index is 1.66. The largest absolute Gasteiger partial charge is 0.482 e. The van der Waals surface area contributed by atoms with Gasteiger partial charge in [-0.25, -0.2) is 9.18 Å². The van der Waals surface area contributed by atoms with Crippen LogP contribution in [0, 0.1) is 5.82 Å². The molecule has 0 saturated carbocycles. The summed E-state index contributed by atoms with van der Waals surface area (Å²) in [6, 6.07) is 14.4. The summed E-state index contributed by atoms with van der Waals surface area (Å²) in [5.41, 5.74) is 1.73. The van der Waals surface area contributed by atoms with E-state index in [1.807, 2.05) is 30.3 Å². The summed E-state index contributed by atoms with van der Waals surface area (Å²) in [5, 5.41) is 8.77. The smallest absolute Gasteiger partial charge is 0.341 e. The summed E-state index contributed by atoms with van der Waals surface area (Å²) in [4.78, 5) is 12.9. The van der Waals surface area contributed by atoms with Crippen LogP contribution in [-0.2, 0) is 11.3 Å². The zero-order valence-corrected chi connectivity index (χ0v) is 13.3. The molecule has 1 atom stereocenters. The van der Waals surface area contributed by atoms with Crippen molar-refractivity contribution in [3.05, 3.63) is 65.5 Å². The third-order valence-electron chi connectivity index (χ3n) is 4.34. The number of hydrogen-bond donors (Lipinski definition) is 1. The van der Waals surface area contributed by atoms with E-state index in [1.165, 1.54) is 6.07 Å². The molecule has 2 aromatic rings. The SMILES string of the molecule is O=C(O)COc1ccccc1CN1CC[C@@H](c2ccccc2F)C1. The maximum atomic E-state index is 13.9. The second kappa shape index (κ2) is 7.45.